The van der Waals surface area contributed by atoms with Gasteiger partial charge in [-0.3, -0.25) is 0 Å². The van der Waals surface area contributed by atoms with Crippen LogP contribution in [-0.2, 0) is 16.4 Å². The van der Waals surface area contributed by atoms with E-state index in [2.05, 4.69) is 0 Å². The van der Waals surface area contributed by atoms with E-state index in [1.807, 2.05) is 0 Å². The van der Waals surface area contributed by atoms with Crippen molar-refractivity contribution < 1.29 is 13.5 Å². The number of hydrogen-bond donors (Lipinski definition) is 2. The molecule has 0 radical (unpaired) electrons. The summed E-state index contributed by atoms with van der Waals surface area (Å²) in [6.07, 6.45) is 3.26. The highest BCUT2D eigenvalue weighted by atomic mass is 32.2. The minimum atomic E-state index is -3.55. The Morgan fingerprint density at radius 3 is 2.62 bits per heavy atom. The summed E-state index contributed by atoms with van der Waals surface area (Å²) in [5, 5.41) is 14.1. The molecule has 1 aromatic heterocycles. The molecule has 1 atom stereocenters. The van der Waals surface area contributed by atoms with Crippen molar-refractivity contribution in [2.45, 2.75) is 42.9 Å². The summed E-state index contributed by atoms with van der Waals surface area (Å²) in [6.45, 7) is 1.77. The van der Waals surface area contributed by atoms with Crippen molar-refractivity contribution in [2.75, 3.05) is 0 Å². The van der Waals surface area contributed by atoms with E-state index in [0.29, 0.717) is 0 Å². The second-order valence-electron chi connectivity index (χ2n) is 3.86. The van der Waals surface area contributed by atoms with Crippen LogP contribution in [0.1, 0.15) is 31.1 Å². The van der Waals surface area contributed by atoms with Crippen LogP contribution in [0.15, 0.2) is 16.3 Å². The summed E-state index contributed by atoms with van der Waals surface area (Å²) >= 11 is 1.22. The van der Waals surface area contributed by atoms with Crippen LogP contribution in [-0.4, -0.2) is 19.6 Å². The number of aliphatic hydroxyl groups excluding tert-OH is 1. The van der Waals surface area contributed by atoms with Gasteiger partial charge in [-0.15, -0.1) is 11.3 Å². The molecule has 1 aromatic rings. The zero-order valence-electron chi connectivity index (χ0n) is 9.22. The zero-order chi connectivity index (χ0) is 12.2. The standard InChI is InChI=1S/C10H17NO3S2/c1-8(12)4-2-3-5-9-6-7-10(15-9)16(11,13)14/h6-8,12H,2-5H2,1H3,(H2,11,13,14). The van der Waals surface area contributed by atoms with Crippen LogP contribution in [0.25, 0.3) is 0 Å². The van der Waals surface area contributed by atoms with E-state index in [1.165, 1.54) is 11.3 Å². The second-order valence-corrected chi connectivity index (χ2v) is 6.82. The quantitative estimate of drug-likeness (QED) is 0.763. The van der Waals surface area contributed by atoms with Gasteiger partial charge in [0.25, 0.3) is 0 Å². The first-order valence-corrected chi connectivity index (χ1v) is 7.55. The van der Waals surface area contributed by atoms with Crippen molar-refractivity contribution in [2.24, 2.45) is 5.14 Å². The van der Waals surface area contributed by atoms with Gasteiger partial charge in [0.2, 0.25) is 10.0 Å². The number of sulfonamides is 1. The van der Waals surface area contributed by atoms with Crippen LogP contribution in [0.4, 0.5) is 0 Å². The number of nitrogens with two attached hydrogens (primary N) is 1. The molecule has 0 spiro atoms. The Morgan fingerprint density at radius 1 is 1.44 bits per heavy atom. The van der Waals surface area contributed by atoms with Gasteiger partial charge in [-0.05, 0) is 38.3 Å². The normalized spacial score (nSPS) is 13.9. The van der Waals surface area contributed by atoms with E-state index in [-0.39, 0.29) is 10.3 Å². The largest absolute Gasteiger partial charge is 0.393 e. The molecule has 4 nitrogen and oxygen atoms in total. The molecule has 0 aromatic carbocycles. The molecule has 0 aliphatic carbocycles. The number of aryl methyl sites for hydroxylation is 1. The molecule has 92 valence electrons. The lowest BCUT2D eigenvalue weighted by Crippen LogP contribution is -2.09. The van der Waals surface area contributed by atoms with Crippen LogP contribution >= 0.6 is 11.3 Å². The lowest BCUT2D eigenvalue weighted by Gasteiger charge is -2.02. The number of thiophene rings is 1. The van der Waals surface area contributed by atoms with Crippen molar-refractivity contribution in [1.82, 2.24) is 0 Å². The monoisotopic (exact) mass is 263 g/mol. The Morgan fingerprint density at radius 2 is 2.12 bits per heavy atom. The van der Waals surface area contributed by atoms with Gasteiger partial charge in [-0.1, -0.05) is 6.42 Å². The van der Waals surface area contributed by atoms with E-state index in [4.69, 9.17) is 10.2 Å². The molecule has 16 heavy (non-hydrogen) atoms. The lowest BCUT2D eigenvalue weighted by atomic mass is 10.1. The minimum Gasteiger partial charge on any atom is -0.393 e. The summed E-state index contributed by atoms with van der Waals surface area (Å²) < 4.78 is 22.3. The van der Waals surface area contributed by atoms with Gasteiger partial charge in [-0.25, -0.2) is 13.6 Å². The molecule has 0 bridgehead atoms. The van der Waals surface area contributed by atoms with Gasteiger partial charge in [0.15, 0.2) is 0 Å². The third-order valence-corrected chi connectivity index (χ3v) is 4.80. The van der Waals surface area contributed by atoms with Gasteiger partial charge >= 0.3 is 0 Å². The van der Waals surface area contributed by atoms with Crippen LogP contribution in [0.5, 0.6) is 0 Å². The molecule has 0 fully saturated rings. The first kappa shape index (κ1) is 13.6. The molecule has 1 rings (SSSR count). The van der Waals surface area contributed by atoms with Crippen molar-refractivity contribution in [1.29, 1.82) is 0 Å². The summed E-state index contributed by atoms with van der Waals surface area (Å²) in [5.41, 5.74) is 0. The molecule has 0 aliphatic heterocycles. The van der Waals surface area contributed by atoms with Gasteiger partial charge in [-0.2, -0.15) is 0 Å². The van der Waals surface area contributed by atoms with Gasteiger partial charge in [0.05, 0.1) is 6.10 Å². The molecular weight excluding hydrogens is 246 g/mol. The van der Waals surface area contributed by atoms with E-state index in [0.717, 1.165) is 30.6 Å². The highest BCUT2D eigenvalue weighted by Gasteiger charge is 2.10. The van der Waals surface area contributed by atoms with E-state index >= 15 is 0 Å². The average molecular weight is 263 g/mol. The molecule has 0 saturated carbocycles. The SMILES string of the molecule is CC(O)CCCCc1ccc(S(N)(=O)=O)s1. The van der Waals surface area contributed by atoms with Gasteiger partial charge in [0.1, 0.15) is 4.21 Å². The molecule has 1 heterocycles. The Balaban J connectivity index is 2.42. The number of rotatable bonds is 6. The first-order valence-electron chi connectivity index (χ1n) is 5.19. The van der Waals surface area contributed by atoms with E-state index in [1.54, 1.807) is 19.1 Å². The van der Waals surface area contributed by atoms with Crippen LogP contribution < -0.4 is 5.14 Å². The number of aliphatic hydroxyl groups is 1. The van der Waals surface area contributed by atoms with Crippen molar-refractivity contribution >= 4 is 21.4 Å². The lowest BCUT2D eigenvalue weighted by molar-refractivity contribution is 0.180. The van der Waals surface area contributed by atoms with E-state index in [9.17, 15) is 8.42 Å². The number of primary sulfonamides is 1. The van der Waals surface area contributed by atoms with Crippen LogP contribution in [0, 0.1) is 0 Å². The fraction of sp³-hybridized carbons (Fsp3) is 0.600. The third kappa shape index (κ3) is 4.61. The Bertz CT molecular complexity index is 423. The summed E-state index contributed by atoms with van der Waals surface area (Å²) in [4.78, 5) is 1.02. The molecular formula is C10H17NO3S2. The van der Waals surface area contributed by atoms with Gasteiger partial charge in [0, 0.05) is 4.88 Å². The maximum absolute atomic E-state index is 11.0. The van der Waals surface area contributed by atoms with E-state index < -0.39 is 10.0 Å². The average Bonchev–Trinajstić information content (AvgIpc) is 2.59. The Hall–Kier alpha value is -0.430. The van der Waals surface area contributed by atoms with Crippen molar-refractivity contribution in [3.8, 4) is 0 Å². The topological polar surface area (TPSA) is 80.4 Å². The minimum absolute atomic E-state index is 0.220. The number of hydrogen-bond acceptors (Lipinski definition) is 4. The van der Waals surface area contributed by atoms with Crippen LogP contribution in [0.3, 0.4) is 0 Å². The fourth-order valence-electron chi connectivity index (χ4n) is 1.38. The van der Waals surface area contributed by atoms with Gasteiger partial charge < -0.3 is 5.11 Å². The third-order valence-electron chi connectivity index (χ3n) is 2.21. The fourth-order valence-corrected chi connectivity index (χ4v) is 3.20. The summed E-state index contributed by atoms with van der Waals surface area (Å²) in [5.74, 6) is 0. The second kappa shape index (κ2) is 5.77. The predicted molar refractivity (Wildman–Crippen MR) is 64.9 cm³/mol. The first-order chi connectivity index (χ1) is 7.39. The predicted octanol–water partition coefficient (Wildman–Crippen LogP) is 1.49. The molecule has 1 unspecified atom stereocenters. The maximum Gasteiger partial charge on any atom is 0.247 e. The molecule has 3 N–H and O–H groups in total. The number of unbranched alkanes of at least 4 members (excludes halogenated alkanes) is 1. The maximum atomic E-state index is 11.0. The summed E-state index contributed by atoms with van der Waals surface area (Å²) in [7, 11) is -3.55. The zero-order valence-corrected chi connectivity index (χ0v) is 10.9. The smallest absolute Gasteiger partial charge is 0.247 e. The highest BCUT2D eigenvalue weighted by Crippen LogP contribution is 2.22. The van der Waals surface area contributed by atoms with Crippen LogP contribution in [0.2, 0.25) is 0 Å². The van der Waals surface area contributed by atoms with Crippen molar-refractivity contribution in [3.05, 3.63) is 17.0 Å². The molecule has 0 aliphatic rings. The summed E-state index contributed by atoms with van der Waals surface area (Å²) in [6, 6.07) is 3.34. The molecule has 6 heteroatoms. The van der Waals surface area contributed by atoms with Crippen molar-refractivity contribution in [3.63, 3.8) is 0 Å². The molecule has 0 amide bonds. The molecule has 0 saturated heterocycles. The highest BCUT2D eigenvalue weighted by molar-refractivity contribution is 7.91. The Kier molecular flexibility index (Phi) is 4.91. The Labute approximate surface area is 100 Å².